The van der Waals surface area contributed by atoms with Crippen LogP contribution in [0.2, 0.25) is 0 Å². The van der Waals surface area contributed by atoms with Gasteiger partial charge in [0.2, 0.25) is 0 Å². The number of hydrogen-bond donors (Lipinski definition) is 1. The Bertz CT molecular complexity index is 896. The highest BCUT2D eigenvalue weighted by molar-refractivity contribution is 7.18. The summed E-state index contributed by atoms with van der Waals surface area (Å²) in [5.74, 6) is -0.633. The molecule has 0 spiro atoms. The van der Waals surface area contributed by atoms with Crippen LogP contribution < -0.4 is 5.56 Å². The first-order valence-electron chi connectivity index (χ1n) is 6.87. The van der Waals surface area contributed by atoms with E-state index in [4.69, 9.17) is 9.84 Å². The van der Waals surface area contributed by atoms with Gasteiger partial charge in [-0.2, -0.15) is 0 Å². The standard InChI is InChI=1S/C15H14N2O4S2/c1-21-5-4-11-16-14-13(15(20)17(11)7-12(18)19)9(8-23-14)10-3-2-6-22-10/h2-3,6,8H,4-5,7H2,1H3,(H,18,19). The Morgan fingerprint density at radius 1 is 1.43 bits per heavy atom. The number of hydrogen-bond acceptors (Lipinski definition) is 6. The molecular weight excluding hydrogens is 336 g/mol. The minimum atomic E-state index is -1.07. The molecule has 23 heavy (non-hydrogen) atoms. The smallest absolute Gasteiger partial charge is 0.323 e. The molecule has 0 amide bonds. The van der Waals surface area contributed by atoms with E-state index in [1.807, 2.05) is 22.9 Å². The number of aromatic nitrogens is 2. The lowest BCUT2D eigenvalue weighted by molar-refractivity contribution is -0.137. The van der Waals surface area contributed by atoms with Gasteiger partial charge in [-0.05, 0) is 11.4 Å². The van der Waals surface area contributed by atoms with E-state index in [2.05, 4.69) is 4.98 Å². The first kappa shape index (κ1) is 15.9. The highest BCUT2D eigenvalue weighted by Gasteiger charge is 2.18. The second kappa shape index (κ2) is 6.61. The van der Waals surface area contributed by atoms with E-state index in [0.29, 0.717) is 29.1 Å². The van der Waals surface area contributed by atoms with Crippen LogP contribution in [0.4, 0.5) is 0 Å². The quantitative estimate of drug-likeness (QED) is 0.738. The number of carboxylic acids is 1. The molecular formula is C15H14N2O4S2. The van der Waals surface area contributed by atoms with Crippen LogP contribution >= 0.6 is 22.7 Å². The van der Waals surface area contributed by atoms with E-state index in [0.717, 1.165) is 10.4 Å². The van der Waals surface area contributed by atoms with Gasteiger partial charge in [-0.25, -0.2) is 4.98 Å². The average molecular weight is 350 g/mol. The molecule has 0 aliphatic carbocycles. The topological polar surface area (TPSA) is 81.4 Å². The summed E-state index contributed by atoms with van der Waals surface area (Å²) in [6, 6.07) is 3.85. The van der Waals surface area contributed by atoms with Gasteiger partial charge in [0.1, 0.15) is 17.2 Å². The monoisotopic (exact) mass is 350 g/mol. The van der Waals surface area contributed by atoms with Crippen LogP contribution in [-0.2, 0) is 22.5 Å². The zero-order chi connectivity index (χ0) is 16.4. The van der Waals surface area contributed by atoms with Gasteiger partial charge in [0.15, 0.2) is 0 Å². The summed E-state index contributed by atoms with van der Waals surface area (Å²) in [6.45, 7) is -0.0265. The second-order valence-electron chi connectivity index (χ2n) is 4.86. The van der Waals surface area contributed by atoms with Crippen LogP contribution in [0.5, 0.6) is 0 Å². The van der Waals surface area contributed by atoms with Gasteiger partial charge in [0.05, 0.1) is 12.0 Å². The first-order valence-corrected chi connectivity index (χ1v) is 8.63. The van der Waals surface area contributed by atoms with Crippen molar-refractivity contribution in [3.63, 3.8) is 0 Å². The average Bonchev–Trinajstić information content (AvgIpc) is 3.16. The fraction of sp³-hybridized carbons (Fsp3) is 0.267. The molecule has 3 rings (SSSR count). The predicted molar refractivity (Wildman–Crippen MR) is 90.4 cm³/mol. The maximum Gasteiger partial charge on any atom is 0.323 e. The van der Waals surface area contributed by atoms with Crippen molar-refractivity contribution in [3.05, 3.63) is 39.1 Å². The summed E-state index contributed by atoms with van der Waals surface area (Å²) in [5.41, 5.74) is 0.503. The highest BCUT2D eigenvalue weighted by Crippen LogP contribution is 2.33. The number of carboxylic acid groups (broad SMARTS) is 1. The van der Waals surface area contributed by atoms with E-state index < -0.39 is 12.5 Å². The van der Waals surface area contributed by atoms with Crippen molar-refractivity contribution in [2.24, 2.45) is 0 Å². The van der Waals surface area contributed by atoms with Crippen LogP contribution in [0.1, 0.15) is 5.82 Å². The molecule has 0 atom stereocenters. The largest absolute Gasteiger partial charge is 0.480 e. The Balaban J connectivity index is 2.22. The third kappa shape index (κ3) is 3.05. The summed E-state index contributed by atoms with van der Waals surface area (Å²) in [4.78, 5) is 30.1. The zero-order valence-corrected chi connectivity index (χ0v) is 13.9. The maximum absolute atomic E-state index is 12.9. The summed E-state index contributed by atoms with van der Waals surface area (Å²) in [5, 5.41) is 13.4. The van der Waals surface area contributed by atoms with Gasteiger partial charge < -0.3 is 9.84 Å². The fourth-order valence-electron chi connectivity index (χ4n) is 2.36. The van der Waals surface area contributed by atoms with Crippen molar-refractivity contribution in [2.75, 3.05) is 13.7 Å². The fourth-order valence-corrected chi connectivity index (χ4v) is 4.13. The summed E-state index contributed by atoms with van der Waals surface area (Å²) in [6.07, 6.45) is 0.390. The van der Waals surface area contributed by atoms with E-state index in [-0.39, 0.29) is 5.56 Å². The molecule has 0 saturated heterocycles. The Labute approximate surface area is 139 Å². The summed E-state index contributed by atoms with van der Waals surface area (Å²) in [7, 11) is 1.55. The van der Waals surface area contributed by atoms with E-state index >= 15 is 0 Å². The number of aliphatic carboxylic acids is 1. The number of carbonyl (C=O) groups is 1. The van der Waals surface area contributed by atoms with Gasteiger partial charge in [-0.15, -0.1) is 22.7 Å². The normalized spacial score (nSPS) is 11.2. The Morgan fingerprint density at radius 2 is 2.26 bits per heavy atom. The molecule has 0 unspecified atom stereocenters. The van der Waals surface area contributed by atoms with Crippen molar-refractivity contribution < 1.29 is 14.6 Å². The lowest BCUT2D eigenvalue weighted by atomic mass is 10.2. The number of rotatable bonds is 6. The molecule has 0 aromatic carbocycles. The molecule has 6 nitrogen and oxygen atoms in total. The molecule has 3 heterocycles. The molecule has 0 fully saturated rings. The van der Waals surface area contributed by atoms with Crippen LogP contribution in [0, 0.1) is 0 Å². The number of fused-ring (bicyclic) bond motifs is 1. The molecule has 1 N–H and O–H groups in total. The van der Waals surface area contributed by atoms with Gasteiger partial charge >= 0.3 is 5.97 Å². The van der Waals surface area contributed by atoms with E-state index in [9.17, 15) is 9.59 Å². The van der Waals surface area contributed by atoms with Gasteiger partial charge in [0.25, 0.3) is 5.56 Å². The van der Waals surface area contributed by atoms with E-state index in [1.54, 1.807) is 7.11 Å². The molecule has 0 aliphatic heterocycles. The van der Waals surface area contributed by atoms with Gasteiger partial charge in [0, 0.05) is 29.4 Å². The number of thiophene rings is 2. The van der Waals surface area contributed by atoms with Gasteiger partial charge in [-0.3, -0.25) is 14.2 Å². The van der Waals surface area contributed by atoms with E-state index in [1.165, 1.54) is 27.2 Å². The van der Waals surface area contributed by atoms with Crippen LogP contribution in [0.15, 0.2) is 27.7 Å². The van der Waals surface area contributed by atoms with Crippen LogP contribution in [-0.4, -0.2) is 34.3 Å². The maximum atomic E-state index is 12.9. The minimum absolute atomic E-state index is 0.312. The van der Waals surface area contributed by atoms with Crippen molar-refractivity contribution in [1.82, 2.24) is 9.55 Å². The number of nitrogens with zero attached hydrogens (tertiary/aromatic N) is 2. The summed E-state index contributed by atoms with van der Waals surface area (Å²) < 4.78 is 6.25. The van der Waals surface area contributed by atoms with Gasteiger partial charge in [-0.1, -0.05) is 6.07 Å². The Morgan fingerprint density at radius 3 is 2.91 bits per heavy atom. The Kier molecular flexibility index (Phi) is 4.56. The SMILES string of the molecule is COCCc1nc2scc(-c3cccs3)c2c(=O)n1CC(=O)O. The molecule has 0 aliphatic rings. The third-order valence-electron chi connectivity index (χ3n) is 3.38. The second-order valence-corrected chi connectivity index (χ2v) is 6.67. The third-order valence-corrected chi connectivity index (χ3v) is 5.16. The first-order chi connectivity index (χ1) is 11.1. The number of ether oxygens (including phenoxy) is 1. The predicted octanol–water partition coefficient (Wildman–Crippen LogP) is 2.46. The van der Waals surface area contributed by atoms with Crippen molar-refractivity contribution in [1.29, 1.82) is 0 Å². The zero-order valence-electron chi connectivity index (χ0n) is 12.3. The lowest BCUT2D eigenvalue weighted by Crippen LogP contribution is -2.29. The molecule has 120 valence electrons. The van der Waals surface area contributed by atoms with Crippen molar-refractivity contribution in [2.45, 2.75) is 13.0 Å². The molecule has 8 heteroatoms. The van der Waals surface area contributed by atoms with Crippen LogP contribution in [0.25, 0.3) is 20.7 Å². The highest BCUT2D eigenvalue weighted by atomic mass is 32.1. The summed E-state index contributed by atoms with van der Waals surface area (Å²) >= 11 is 2.93. The molecule has 3 aromatic rings. The lowest BCUT2D eigenvalue weighted by Gasteiger charge is -2.10. The molecule has 0 bridgehead atoms. The van der Waals surface area contributed by atoms with Crippen LogP contribution in [0.3, 0.4) is 0 Å². The van der Waals surface area contributed by atoms with Crippen molar-refractivity contribution in [3.8, 4) is 10.4 Å². The van der Waals surface area contributed by atoms with Crippen molar-refractivity contribution >= 4 is 38.9 Å². The molecule has 3 aromatic heterocycles. The number of methoxy groups -OCH3 is 1. The molecule has 0 radical (unpaired) electrons. The Hall–Kier alpha value is -2.03. The minimum Gasteiger partial charge on any atom is -0.480 e. The molecule has 0 saturated carbocycles.